The Bertz CT molecular complexity index is 920. The van der Waals surface area contributed by atoms with Crippen LogP contribution in [0.2, 0.25) is 0 Å². The highest BCUT2D eigenvalue weighted by molar-refractivity contribution is 5.89. The molecule has 146 valence electrons. The van der Waals surface area contributed by atoms with Crippen molar-refractivity contribution >= 4 is 16.7 Å². The molecule has 0 spiro atoms. The van der Waals surface area contributed by atoms with Gasteiger partial charge in [-0.25, -0.2) is 14.4 Å². The van der Waals surface area contributed by atoms with Crippen molar-refractivity contribution in [3.63, 3.8) is 0 Å². The fourth-order valence-corrected chi connectivity index (χ4v) is 3.91. The molecule has 1 saturated heterocycles. The van der Waals surface area contributed by atoms with Gasteiger partial charge in [0.1, 0.15) is 23.7 Å². The Morgan fingerprint density at radius 2 is 1.86 bits per heavy atom. The van der Waals surface area contributed by atoms with Gasteiger partial charge in [0.25, 0.3) is 0 Å². The second-order valence-electron chi connectivity index (χ2n) is 7.12. The van der Waals surface area contributed by atoms with E-state index in [0.29, 0.717) is 23.3 Å². The molecule has 4 rings (SSSR count). The third-order valence-electron chi connectivity index (χ3n) is 5.41. The molecule has 0 saturated carbocycles. The second kappa shape index (κ2) is 8.52. The third kappa shape index (κ3) is 3.92. The molecule has 1 atom stereocenters. The molecule has 28 heavy (non-hydrogen) atoms. The summed E-state index contributed by atoms with van der Waals surface area (Å²) in [5.74, 6) is 1.08. The molecular weight excluding hydrogens is 355 g/mol. The van der Waals surface area contributed by atoms with Crippen LogP contribution in [0.3, 0.4) is 0 Å². The number of nitrogens with zero attached hydrogens (tertiary/aromatic N) is 3. The zero-order valence-electron chi connectivity index (χ0n) is 16.1. The SMILES string of the molecule is COc1ccc(C(CNc2ncnc3cccc(F)c23)N2CCCCC2)cc1. The van der Waals surface area contributed by atoms with E-state index in [1.807, 2.05) is 12.1 Å². The van der Waals surface area contributed by atoms with Gasteiger partial charge < -0.3 is 10.1 Å². The molecule has 1 aliphatic rings. The number of halogens is 1. The summed E-state index contributed by atoms with van der Waals surface area (Å²) in [5.41, 5.74) is 1.82. The summed E-state index contributed by atoms with van der Waals surface area (Å²) in [7, 11) is 1.67. The first-order chi connectivity index (χ1) is 13.8. The minimum Gasteiger partial charge on any atom is -0.497 e. The Balaban J connectivity index is 1.61. The van der Waals surface area contributed by atoms with Crippen LogP contribution >= 0.6 is 0 Å². The van der Waals surface area contributed by atoms with Gasteiger partial charge in [0.05, 0.1) is 24.1 Å². The molecule has 2 heterocycles. The highest BCUT2D eigenvalue weighted by atomic mass is 19.1. The average molecular weight is 380 g/mol. The molecule has 1 aromatic heterocycles. The zero-order valence-corrected chi connectivity index (χ0v) is 16.1. The smallest absolute Gasteiger partial charge is 0.140 e. The summed E-state index contributed by atoms with van der Waals surface area (Å²) in [6.45, 7) is 2.78. The molecule has 1 N–H and O–H groups in total. The summed E-state index contributed by atoms with van der Waals surface area (Å²) in [4.78, 5) is 11.0. The summed E-state index contributed by atoms with van der Waals surface area (Å²) in [6, 6.07) is 13.3. The number of piperidine rings is 1. The molecule has 1 fully saturated rings. The highest BCUT2D eigenvalue weighted by Gasteiger charge is 2.23. The predicted octanol–water partition coefficient (Wildman–Crippen LogP) is 4.42. The zero-order chi connectivity index (χ0) is 19.3. The van der Waals surface area contributed by atoms with E-state index in [1.54, 1.807) is 19.2 Å². The van der Waals surface area contributed by atoms with E-state index in [1.165, 1.54) is 37.2 Å². The van der Waals surface area contributed by atoms with Crippen LogP contribution < -0.4 is 10.1 Å². The van der Waals surface area contributed by atoms with Crippen molar-refractivity contribution in [2.24, 2.45) is 0 Å². The Labute approximate surface area is 164 Å². The Kier molecular flexibility index (Phi) is 5.67. The number of aromatic nitrogens is 2. The number of anilines is 1. The van der Waals surface area contributed by atoms with E-state index in [-0.39, 0.29) is 11.9 Å². The predicted molar refractivity (Wildman–Crippen MR) is 109 cm³/mol. The second-order valence-corrected chi connectivity index (χ2v) is 7.12. The van der Waals surface area contributed by atoms with Gasteiger partial charge in [0.15, 0.2) is 0 Å². The minimum atomic E-state index is -0.306. The summed E-state index contributed by atoms with van der Waals surface area (Å²) >= 11 is 0. The highest BCUT2D eigenvalue weighted by Crippen LogP contribution is 2.28. The maximum Gasteiger partial charge on any atom is 0.140 e. The van der Waals surface area contributed by atoms with E-state index in [4.69, 9.17) is 4.74 Å². The number of benzene rings is 2. The van der Waals surface area contributed by atoms with E-state index in [9.17, 15) is 4.39 Å². The van der Waals surface area contributed by atoms with Gasteiger partial charge in [-0.15, -0.1) is 0 Å². The molecule has 2 aromatic carbocycles. The van der Waals surface area contributed by atoms with Gasteiger partial charge in [-0.3, -0.25) is 4.90 Å². The maximum atomic E-state index is 14.4. The van der Waals surface area contributed by atoms with Crippen molar-refractivity contribution in [1.82, 2.24) is 14.9 Å². The number of rotatable bonds is 6. The van der Waals surface area contributed by atoms with E-state index in [2.05, 4.69) is 32.3 Å². The van der Waals surface area contributed by atoms with Gasteiger partial charge >= 0.3 is 0 Å². The van der Waals surface area contributed by atoms with E-state index < -0.39 is 0 Å². The first-order valence-corrected chi connectivity index (χ1v) is 9.77. The van der Waals surface area contributed by atoms with Crippen LogP contribution in [0.5, 0.6) is 5.75 Å². The Morgan fingerprint density at radius 3 is 2.61 bits per heavy atom. The Hall–Kier alpha value is -2.73. The minimum absolute atomic E-state index is 0.183. The van der Waals surface area contributed by atoms with Crippen molar-refractivity contribution in [3.8, 4) is 5.75 Å². The van der Waals surface area contributed by atoms with Crippen molar-refractivity contribution in [3.05, 3.63) is 60.2 Å². The number of hydrogen-bond acceptors (Lipinski definition) is 5. The van der Waals surface area contributed by atoms with Gasteiger partial charge in [-0.2, -0.15) is 0 Å². The fraction of sp³-hybridized carbons (Fsp3) is 0.364. The van der Waals surface area contributed by atoms with E-state index >= 15 is 0 Å². The first kappa shape index (κ1) is 18.6. The van der Waals surface area contributed by atoms with Gasteiger partial charge in [-0.1, -0.05) is 24.6 Å². The molecule has 0 radical (unpaired) electrons. The van der Waals surface area contributed by atoms with Crippen molar-refractivity contribution in [2.75, 3.05) is 32.1 Å². The van der Waals surface area contributed by atoms with Gasteiger partial charge in [0.2, 0.25) is 0 Å². The standard InChI is InChI=1S/C22H25FN4O/c1-28-17-10-8-16(9-11-17)20(27-12-3-2-4-13-27)14-24-22-21-18(23)6-5-7-19(21)25-15-26-22/h5-11,15,20H,2-4,12-14H2,1H3,(H,24,25,26). The molecule has 6 heteroatoms. The van der Waals surface area contributed by atoms with Crippen LogP contribution in [0.15, 0.2) is 48.8 Å². The van der Waals surface area contributed by atoms with Crippen LogP contribution in [-0.4, -0.2) is 41.6 Å². The molecular formula is C22H25FN4O. The Morgan fingerprint density at radius 1 is 1.07 bits per heavy atom. The largest absolute Gasteiger partial charge is 0.497 e. The number of methoxy groups -OCH3 is 1. The first-order valence-electron chi connectivity index (χ1n) is 9.77. The van der Waals surface area contributed by atoms with E-state index in [0.717, 1.165) is 18.8 Å². The fourth-order valence-electron chi connectivity index (χ4n) is 3.91. The topological polar surface area (TPSA) is 50.3 Å². The molecule has 0 bridgehead atoms. The normalized spacial score (nSPS) is 16.1. The number of fused-ring (bicyclic) bond motifs is 1. The molecule has 5 nitrogen and oxygen atoms in total. The van der Waals surface area contributed by atoms with Crippen LogP contribution in [-0.2, 0) is 0 Å². The van der Waals surface area contributed by atoms with Gasteiger partial charge in [0, 0.05) is 6.54 Å². The van der Waals surface area contributed by atoms with Crippen LogP contribution in [0.1, 0.15) is 30.9 Å². The summed E-state index contributed by atoms with van der Waals surface area (Å²) < 4.78 is 19.7. The molecule has 0 amide bonds. The lowest BCUT2D eigenvalue weighted by Crippen LogP contribution is -2.37. The van der Waals surface area contributed by atoms with Crippen LogP contribution in [0.4, 0.5) is 10.2 Å². The lowest BCUT2D eigenvalue weighted by molar-refractivity contribution is 0.170. The monoisotopic (exact) mass is 380 g/mol. The molecule has 3 aromatic rings. The van der Waals surface area contributed by atoms with Crippen LogP contribution in [0, 0.1) is 5.82 Å². The lowest BCUT2D eigenvalue weighted by atomic mass is 10.0. The molecule has 1 aliphatic heterocycles. The van der Waals surface area contributed by atoms with Gasteiger partial charge in [-0.05, 0) is 55.8 Å². The molecule has 0 aliphatic carbocycles. The van der Waals surface area contributed by atoms with Crippen LogP contribution in [0.25, 0.3) is 10.9 Å². The summed E-state index contributed by atoms with van der Waals surface area (Å²) in [6.07, 6.45) is 5.17. The lowest BCUT2D eigenvalue weighted by Gasteiger charge is -2.35. The average Bonchev–Trinajstić information content (AvgIpc) is 2.75. The summed E-state index contributed by atoms with van der Waals surface area (Å²) in [5, 5.41) is 3.83. The molecule has 1 unspecified atom stereocenters. The number of likely N-dealkylation sites (tertiary alicyclic amines) is 1. The van der Waals surface area contributed by atoms with Crippen molar-refractivity contribution < 1.29 is 9.13 Å². The van der Waals surface area contributed by atoms with Crippen molar-refractivity contribution in [1.29, 1.82) is 0 Å². The number of nitrogens with one attached hydrogen (secondary N) is 1. The number of ether oxygens (including phenoxy) is 1. The quantitative estimate of drug-likeness (QED) is 0.686. The van der Waals surface area contributed by atoms with Crippen molar-refractivity contribution in [2.45, 2.75) is 25.3 Å². The third-order valence-corrected chi connectivity index (χ3v) is 5.41. The number of hydrogen-bond donors (Lipinski definition) is 1. The maximum absolute atomic E-state index is 14.4.